The van der Waals surface area contributed by atoms with E-state index in [4.69, 9.17) is 5.73 Å². The molecule has 0 spiro atoms. The van der Waals surface area contributed by atoms with E-state index >= 15 is 0 Å². The molecule has 3 N–H and O–H groups in total. The number of anilines is 1. The van der Waals surface area contributed by atoms with Crippen LogP contribution in [0.4, 0.5) is 5.69 Å². The summed E-state index contributed by atoms with van der Waals surface area (Å²) >= 11 is 0. The van der Waals surface area contributed by atoms with E-state index in [1.54, 1.807) is 6.20 Å². The molecular weight excluding hydrogens is 242 g/mol. The molecule has 1 amide bonds. The lowest BCUT2D eigenvalue weighted by Gasteiger charge is -2.21. The molecule has 1 saturated heterocycles. The van der Waals surface area contributed by atoms with Crippen molar-refractivity contribution in [3.05, 3.63) is 24.0 Å². The Morgan fingerprint density at radius 2 is 2.26 bits per heavy atom. The van der Waals surface area contributed by atoms with Crippen molar-refractivity contribution in [1.29, 1.82) is 0 Å². The van der Waals surface area contributed by atoms with Gasteiger partial charge in [-0.15, -0.1) is 0 Å². The van der Waals surface area contributed by atoms with E-state index in [-0.39, 0.29) is 18.2 Å². The van der Waals surface area contributed by atoms with Crippen molar-refractivity contribution >= 4 is 11.6 Å². The zero-order chi connectivity index (χ0) is 13.4. The molecule has 0 radical (unpaired) electrons. The van der Waals surface area contributed by atoms with Crippen molar-refractivity contribution in [3.8, 4) is 0 Å². The Kier molecular flexibility index (Phi) is 3.14. The van der Waals surface area contributed by atoms with Gasteiger partial charge in [0.2, 0.25) is 5.91 Å². The number of carbonyl (C=O) groups is 1. The highest BCUT2D eigenvalue weighted by Gasteiger charge is 2.35. The minimum absolute atomic E-state index is 0.0577. The Bertz CT molecular complexity index is 487. The molecule has 1 saturated carbocycles. The number of amides is 1. The number of primary amides is 1. The largest absolute Gasteiger partial charge is 0.391 e. The van der Waals surface area contributed by atoms with E-state index in [0.717, 1.165) is 5.69 Å². The predicted octanol–water partition coefficient (Wildman–Crippen LogP) is 0.631. The quantitative estimate of drug-likeness (QED) is 0.833. The summed E-state index contributed by atoms with van der Waals surface area (Å²) in [5, 5.41) is 10.0. The molecule has 5 heteroatoms. The van der Waals surface area contributed by atoms with E-state index < -0.39 is 6.10 Å². The standard InChI is InChI=1S/C14H19N3O2/c15-14(19)5-10-7-17(8-13(10)18)12-3-4-16-6-11(12)9-1-2-9/h3-4,6,9-10,13,18H,1-2,5,7-8H2,(H2,15,19)/t10-,13-/m1/s1. The first-order valence-corrected chi connectivity index (χ1v) is 6.80. The molecule has 0 aromatic carbocycles. The zero-order valence-electron chi connectivity index (χ0n) is 10.8. The Morgan fingerprint density at radius 1 is 1.47 bits per heavy atom. The Morgan fingerprint density at radius 3 is 2.95 bits per heavy atom. The van der Waals surface area contributed by atoms with Gasteiger partial charge in [-0.2, -0.15) is 0 Å². The summed E-state index contributed by atoms with van der Waals surface area (Å²) in [6, 6.07) is 2.01. The predicted molar refractivity (Wildman–Crippen MR) is 71.7 cm³/mol. The molecule has 1 aliphatic heterocycles. The average Bonchev–Trinajstić information content (AvgIpc) is 3.15. The summed E-state index contributed by atoms with van der Waals surface area (Å²) in [7, 11) is 0. The normalized spacial score (nSPS) is 26.7. The smallest absolute Gasteiger partial charge is 0.217 e. The van der Waals surface area contributed by atoms with Crippen LogP contribution in [0.25, 0.3) is 0 Å². The molecule has 1 aromatic rings. The van der Waals surface area contributed by atoms with E-state index in [1.807, 2.05) is 12.3 Å². The molecule has 2 heterocycles. The molecule has 5 nitrogen and oxygen atoms in total. The zero-order valence-corrected chi connectivity index (χ0v) is 10.8. The van der Waals surface area contributed by atoms with Gasteiger partial charge in [0.25, 0.3) is 0 Å². The summed E-state index contributed by atoms with van der Waals surface area (Å²) in [4.78, 5) is 17.4. The van der Waals surface area contributed by atoms with Gasteiger partial charge in [0.05, 0.1) is 6.10 Å². The van der Waals surface area contributed by atoms with Crippen LogP contribution in [0.3, 0.4) is 0 Å². The minimum atomic E-state index is -0.479. The molecule has 0 unspecified atom stereocenters. The third-order valence-corrected chi connectivity index (χ3v) is 4.06. The third kappa shape index (κ3) is 2.56. The number of aliphatic hydroxyl groups excluding tert-OH is 1. The molecule has 1 aromatic heterocycles. The fraction of sp³-hybridized carbons (Fsp3) is 0.571. The molecule has 1 aliphatic carbocycles. The molecular formula is C14H19N3O2. The summed E-state index contributed by atoms with van der Waals surface area (Å²) in [5.41, 5.74) is 7.66. The van der Waals surface area contributed by atoms with Crippen LogP contribution in [0.5, 0.6) is 0 Å². The fourth-order valence-electron chi connectivity index (χ4n) is 2.91. The number of nitrogens with two attached hydrogens (primary N) is 1. The topological polar surface area (TPSA) is 79.5 Å². The van der Waals surface area contributed by atoms with E-state index in [2.05, 4.69) is 9.88 Å². The van der Waals surface area contributed by atoms with E-state index in [1.165, 1.54) is 18.4 Å². The highest BCUT2D eigenvalue weighted by Crippen LogP contribution is 2.44. The highest BCUT2D eigenvalue weighted by atomic mass is 16.3. The van der Waals surface area contributed by atoms with Crippen LogP contribution in [-0.4, -0.2) is 35.2 Å². The fourth-order valence-corrected chi connectivity index (χ4v) is 2.91. The first-order valence-electron chi connectivity index (χ1n) is 6.80. The number of rotatable bonds is 4. The van der Waals surface area contributed by atoms with Crippen molar-refractivity contribution in [2.75, 3.05) is 18.0 Å². The summed E-state index contributed by atoms with van der Waals surface area (Å²) < 4.78 is 0. The number of aromatic nitrogens is 1. The van der Waals surface area contributed by atoms with Gasteiger partial charge in [0.1, 0.15) is 0 Å². The van der Waals surface area contributed by atoms with Crippen LogP contribution >= 0.6 is 0 Å². The van der Waals surface area contributed by atoms with E-state index in [9.17, 15) is 9.90 Å². The first kappa shape index (κ1) is 12.4. The van der Waals surface area contributed by atoms with Crippen LogP contribution in [0, 0.1) is 5.92 Å². The Labute approximate surface area is 112 Å². The second-order valence-corrected chi connectivity index (χ2v) is 5.61. The van der Waals surface area contributed by atoms with Crippen LogP contribution in [-0.2, 0) is 4.79 Å². The first-order chi connectivity index (χ1) is 9.15. The molecule has 2 aliphatic rings. The second-order valence-electron chi connectivity index (χ2n) is 5.61. The molecule has 102 valence electrons. The van der Waals surface area contributed by atoms with Gasteiger partial charge >= 0.3 is 0 Å². The van der Waals surface area contributed by atoms with Crippen LogP contribution in [0.2, 0.25) is 0 Å². The SMILES string of the molecule is NC(=O)C[C@@H]1CN(c2ccncc2C2CC2)C[C@H]1O. The summed E-state index contributed by atoms with van der Waals surface area (Å²) in [5.74, 6) is 0.219. The van der Waals surface area contributed by atoms with Crippen LogP contribution in [0.15, 0.2) is 18.5 Å². The number of hydrogen-bond acceptors (Lipinski definition) is 4. The van der Waals surface area contributed by atoms with Crippen molar-refractivity contribution in [2.24, 2.45) is 11.7 Å². The number of β-amino-alcohol motifs (C(OH)–C–C–N with tert-alkyl or cyclic N) is 1. The lowest BCUT2D eigenvalue weighted by molar-refractivity contribution is -0.119. The van der Waals surface area contributed by atoms with Gasteiger partial charge in [-0.25, -0.2) is 0 Å². The molecule has 2 fully saturated rings. The van der Waals surface area contributed by atoms with Gasteiger partial charge in [0, 0.05) is 43.5 Å². The Balaban J connectivity index is 1.78. The minimum Gasteiger partial charge on any atom is -0.391 e. The lowest BCUT2D eigenvalue weighted by Crippen LogP contribution is -2.24. The van der Waals surface area contributed by atoms with Gasteiger partial charge in [-0.3, -0.25) is 9.78 Å². The van der Waals surface area contributed by atoms with Gasteiger partial charge in [-0.05, 0) is 30.4 Å². The van der Waals surface area contributed by atoms with Crippen molar-refractivity contribution < 1.29 is 9.90 Å². The maximum absolute atomic E-state index is 11.0. The van der Waals surface area contributed by atoms with Gasteiger partial charge in [0.15, 0.2) is 0 Å². The molecule has 0 bridgehead atoms. The van der Waals surface area contributed by atoms with Crippen molar-refractivity contribution in [3.63, 3.8) is 0 Å². The maximum Gasteiger partial charge on any atom is 0.217 e. The van der Waals surface area contributed by atoms with Gasteiger partial charge < -0.3 is 15.7 Å². The van der Waals surface area contributed by atoms with Crippen LogP contribution in [0.1, 0.15) is 30.7 Å². The monoisotopic (exact) mass is 261 g/mol. The Hall–Kier alpha value is -1.62. The average molecular weight is 261 g/mol. The summed E-state index contributed by atoms with van der Waals surface area (Å²) in [6.45, 7) is 1.26. The van der Waals surface area contributed by atoms with Gasteiger partial charge in [-0.1, -0.05) is 0 Å². The second kappa shape index (κ2) is 4.81. The number of pyridine rings is 1. The number of hydrogen-bond donors (Lipinski definition) is 2. The van der Waals surface area contributed by atoms with Crippen molar-refractivity contribution in [1.82, 2.24) is 4.98 Å². The maximum atomic E-state index is 11.0. The molecule has 2 atom stereocenters. The molecule has 3 rings (SSSR count). The van der Waals surface area contributed by atoms with E-state index in [0.29, 0.717) is 19.0 Å². The lowest BCUT2D eigenvalue weighted by atomic mass is 10.0. The number of carbonyl (C=O) groups excluding carboxylic acids is 1. The van der Waals surface area contributed by atoms with Crippen molar-refractivity contribution in [2.45, 2.75) is 31.3 Å². The highest BCUT2D eigenvalue weighted by molar-refractivity contribution is 5.74. The molecule has 19 heavy (non-hydrogen) atoms. The summed E-state index contributed by atoms with van der Waals surface area (Å²) in [6.07, 6.45) is 5.93. The number of nitrogens with zero attached hydrogens (tertiary/aromatic N) is 2. The van der Waals surface area contributed by atoms with Crippen LogP contribution < -0.4 is 10.6 Å². The number of aliphatic hydroxyl groups is 1. The third-order valence-electron chi connectivity index (χ3n) is 4.06.